The summed E-state index contributed by atoms with van der Waals surface area (Å²) in [5.74, 6) is 1.18. The van der Waals surface area contributed by atoms with Gasteiger partial charge in [0.2, 0.25) is 11.8 Å². The molecule has 0 spiro atoms. The first-order valence-electron chi connectivity index (χ1n) is 7.29. The highest BCUT2D eigenvalue weighted by atomic mass is 16.5. The molecule has 1 atom stereocenters. The summed E-state index contributed by atoms with van der Waals surface area (Å²) < 4.78 is 5.24. The number of nitrogens with zero attached hydrogens (tertiary/aromatic N) is 1. The summed E-state index contributed by atoms with van der Waals surface area (Å²) in [6, 6.07) is 8.10. The number of methoxy groups -OCH3 is 1. The quantitative estimate of drug-likeness (QED) is 0.848. The fourth-order valence-electron chi connectivity index (χ4n) is 3.09. The first-order chi connectivity index (χ1) is 10.1. The molecule has 0 aromatic heterocycles. The number of likely N-dealkylation sites (tertiary alicyclic amines) is 1. The van der Waals surface area contributed by atoms with Crippen molar-refractivity contribution in [3.8, 4) is 5.75 Å². The zero-order valence-electron chi connectivity index (χ0n) is 12.3. The number of hydrogen-bond acceptors (Lipinski definition) is 4. The van der Waals surface area contributed by atoms with Gasteiger partial charge in [-0.05, 0) is 36.5 Å². The Balaban J connectivity index is 1.54. The molecule has 1 aromatic rings. The first-order valence-corrected chi connectivity index (χ1v) is 7.29. The molecule has 1 aromatic carbocycles. The molecule has 1 unspecified atom stereocenters. The zero-order chi connectivity index (χ0) is 15.0. The number of rotatable bonds is 4. The summed E-state index contributed by atoms with van der Waals surface area (Å²) in [4.78, 5) is 24.6. The molecule has 5 heteroatoms. The van der Waals surface area contributed by atoms with Crippen LogP contribution in [0.15, 0.2) is 24.3 Å². The number of imide groups is 1. The van der Waals surface area contributed by atoms with E-state index in [1.807, 2.05) is 12.1 Å². The van der Waals surface area contributed by atoms with Crippen molar-refractivity contribution in [2.75, 3.05) is 14.2 Å². The van der Waals surface area contributed by atoms with Gasteiger partial charge in [0, 0.05) is 13.1 Å². The van der Waals surface area contributed by atoms with E-state index < -0.39 is 0 Å². The summed E-state index contributed by atoms with van der Waals surface area (Å²) in [7, 11) is 3.22. The molecule has 5 nitrogen and oxygen atoms in total. The predicted octanol–water partition coefficient (Wildman–Crippen LogP) is 1.29. The van der Waals surface area contributed by atoms with Gasteiger partial charge in [0.25, 0.3) is 0 Å². The van der Waals surface area contributed by atoms with E-state index in [1.54, 1.807) is 14.2 Å². The van der Waals surface area contributed by atoms with Crippen molar-refractivity contribution in [1.82, 2.24) is 10.2 Å². The number of likely N-dealkylation sites (N-methyl/N-ethyl adjacent to an activating group) is 1. The lowest BCUT2D eigenvalue weighted by molar-refractivity contribution is -0.137. The molecular formula is C16H20N2O3. The highest BCUT2D eigenvalue weighted by molar-refractivity contribution is 6.05. The Morgan fingerprint density at radius 1 is 1.29 bits per heavy atom. The maximum atomic E-state index is 11.9. The van der Waals surface area contributed by atoms with Crippen molar-refractivity contribution < 1.29 is 14.3 Å². The minimum Gasteiger partial charge on any atom is -0.497 e. The van der Waals surface area contributed by atoms with E-state index in [9.17, 15) is 9.59 Å². The fourth-order valence-corrected chi connectivity index (χ4v) is 3.09. The monoisotopic (exact) mass is 288 g/mol. The summed E-state index contributed by atoms with van der Waals surface area (Å²) in [6.07, 6.45) is 2.28. The molecular weight excluding hydrogens is 268 g/mol. The Bertz CT molecular complexity index is 566. The Hall–Kier alpha value is -1.88. The topological polar surface area (TPSA) is 58.6 Å². The molecule has 1 aliphatic carbocycles. The predicted molar refractivity (Wildman–Crippen MR) is 78.1 cm³/mol. The second-order valence-electron chi connectivity index (χ2n) is 5.86. The lowest BCUT2D eigenvalue weighted by Crippen LogP contribution is -2.48. The average molecular weight is 288 g/mol. The second kappa shape index (κ2) is 5.48. The van der Waals surface area contributed by atoms with Gasteiger partial charge in [-0.2, -0.15) is 0 Å². The van der Waals surface area contributed by atoms with E-state index in [1.165, 1.54) is 10.5 Å². The van der Waals surface area contributed by atoms with E-state index in [-0.39, 0.29) is 24.3 Å². The van der Waals surface area contributed by atoms with Crippen LogP contribution in [0.2, 0.25) is 0 Å². The number of nitrogens with one attached hydrogen (secondary N) is 1. The summed E-state index contributed by atoms with van der Waals surface area (Å²) in [5, 5.41) is 3.31. The van der Waals surface area contributed by atoms with Crippen LogP contribution in [0, 0.1) is 0 Å². The van der Waals surface area contributed by atoms with Crippen LogP contribution < -0.4 is 10.1 Å². The van der Waals surface area contributed by atoms with Gasteiger partial charge < -0.3 is 10.1 Å². The molecule has 1 heterocycles. The minimum atomic E-state index is -0.334. The van der Waals surface area contributed by atoms with E-state index >= 15 is 0 Å². The highest BCUT2D eigenvalue weighted by Crippen LogP contribution is 2.38. The van der Waals surface area contributed by atoms with Crippen LogP contribution in [-0.4, -0.2) is 43.0 Å². The van der Waals surface area contributed by atoms with Crippen LogP contribution in [0.3, 0.4) is 0 Å². The van der Waals surface area contributed by atoms with Crippen molar-refractivity contribution in [2.45, 2.75) is 37.3 Å². The lowest BCUT2D eigenvalue weighted by Gasteiger charge is -2.37. The summed E-state index contributed by atoms with van der Waals surface area (Å²) in [6.45, 7) is 0. The maximum absolute atomic E-state index is 11.9. The van der Waals surface area contributed by atoms with Crippen LogP contribution >= 0.6 is 0 Å². The van der Waals surface area contributed by atoms with Gasteiger partial charge >= 0.3 is 0 Å². The van der Waals surface area contributed by atoms with Gasteiger partial charge in [0.1, 0.15) is 5.75 Å². The van der Waals surface area contributed by atoms with Gasteiger partial charge in [-0.15, -0.1) is 0 Å². The van der Waals surface area contributed by atoms with Gasteiger partial charge in [-0.1, -0.05) is 12.1 Å². The van der Waals surface area contributed by atoms with Crippen LogP contribution in [0.25, 0.3) is 0 Å². The van der Waals surface area contributed by atoms with Crippen molar-refractivity contribution in [2.24, 2.45) is 0 Å². The molecule has 0 radical (unpaired) electrons. The largest absolute Gasteiger partial charge is 0.497 e. The molecule has 3 rings (SSSR count). The van der Waals surface area contributed by atoms with Gasteiger partial charge in [0.05, 0.1) is 19.6 Å². The number of ether oxygens (including phenoxy) is 1. The van der Waals surface area contributed by atoms with Crippen LogP contribution in [0.1, 0.15) is 30.7 Å². The van der Waals surface area contributed by atoms with Crippen molar-refractivity contribution >= 4 is 11.8 Å². The number of carbonyl (C=O) groups is 2. The van der Waals surface area contributed by atoms with Gasteiger partial charge in [0.15, 0.2) is 0 Å². The molecule has 2 amide bonds. The van der Waals surface area contributed by atoms with Crippen LogP contribution in [-0.2, 0) is 9.59 Å². The Kier molecular flexibility index (Phi) is 3.68. The van der Waals surface area contributed by atoms with E-state index in [0.29, 0.717) is 12.0 Å². The second-order valence-corrected chi connectivity index (χ2v) is 5.86. The molecule has 1 aliphatic heterocycles. The normalized spacial score (nSPS) is 28.7. The van der Waals surface area contributed by atoms with Crippen LogP contribution in [0.4, 0.5) is 0 Å². The minimum absolute atomic E-state index is 0.0961. The Labute approximate surface area is 124 Å². The fraction of sp³-hybridized carbons (Fsp3) is 0.500. The van der Waals surface area contributed by atoms with Gasteiger partial charge in [-0.25, -0.2) is 0 Å². The molecule has 1 saturated heterocycles. The van der Waals surface area contributed by atoms with Crippen molar-refractivity contribution in [1.29, 1.82) is 0 Å². The highest BCUT2D eigenvalue weighted by Gasteiger charge is 2.40. The number of hydrogen-bond donors (Lipinski definition) is 1. The molecule has 1 saturated carbocycles. The average Bonchev–Trinajstić information content (AvgIpc) is 2.69. The van der Waals surface area contributed by atoms with E-state index in [0.717, 1.165) is 18.6 Å². The molecule has 21 heavy (non-hydrogen) atoms. The molecule has 2 aliphatic rings. The maximum Gasteiger partial charge on any atom is 0.246 e. The number of benzene rings is 1. The molecule has 2 fully saturated rings. The first kappa shape index (κ1) is 14.1. The molecule has 1 N–H and O–H groups in total. The Morgan fingerprint density at radius 3 is 2.67 bits per heavy atom. The number of amides is 2. The lowest BCUT2D eigenvalue weighted by atomic mass is 9.75. The zero-order valence-corrected chi connectivity index (χ0v) is 12.3. The van der Waals surface area contributed by atoms with Gasteiger partial charge in [-0.3, -0.25) is 14.5 Å². The third-order valence-corrected chi connectivity index (χ3v) is 4.52. The Morgan fingerprint density at radius 2 is 2.05 bits per heavy atom. The molecule has 0 bridgehead atoms. The third kappa shape index (κ3) is 2.65. The van der Waals surface area contributed by atoms with E-state index in [4.69, 9.17) is 4.74 Å². The van der Waals surface area contributed by atoms with Crippen molar-refractivity contribution in [3.63, 3.8) is 0 Å². The smallest absolute Gasteiger partial charge is 0.246 e. The molecule has 112 valence electrons. The standard InChI is InChI=1S/C16H20N2O3/c1-18-15(19)9-14(16(18)20)17-12-6-11(7-12)10-4-3-5-13(8-10)21-2/h3-5,8,11-12,14,17H,6-7,9H2,1-2H3. The summed E-state index contributed by atoms with van der Waals surface area (Å²) in [5.41, 5.74) is 1.28. The number of carbonyl (C=O) groups excluding carboxylic acids is 2. The SMILES string of the molecule is COc1cccc(C2CC(NC3CC(=O)N(C)C3=O)C2)c1. The summed E-state index contributed by atoms with van der Waals surface area (Å²) >= 11 is 0. The van der Waals surface area contributed by atoms with Crippen molar-refractivity contribution in [3.05, 3.63) is 29.8 Å². The third-order valence-electron chi connectivity index (χ3n) is 4.52. The van der Waals surface area contributed by atoms with E-state index in [2.05, 4.69) is 17.4 Å². The van der Waals surface area contributed by atoms with Crippen LogP contribution in [0.5, 0.6) is 5.75 Å².